The zero-order valence-corrected chi connectivity index (χ0v) is 13.0. The number of aromatic amines is 2. The Bertz CT molecular complexity index is 1120. The van der Waals surface area contributed by atoms with E-state index in [2.05, 4.69) is 15.0 Å². The maximum absolute atomic E-state index is 12.3. The van der Waals surface area contributed by atoms with Gasteiger partial charge >= 0.3 is 0 Å². The van der Waals surface area contributed by atoms with Crippen molar-refractivity contribution in [3.05, 3.63) is 70.6 Å². The molecule has 0 amide bonds. The van der Waals surface area contributed by atoms with Gasteiger partial charge in [-0.25, -0.2) is 0 Å². The summed E-state index contributed by atoms with van der Waals surface area (Å²) in [6.07, 6.45) is 3.48. The predicted octanol–water partition coefficient (Wildman–Crippen LogP) is 3.77. The largest absolute Gasteiger partial charge is 0.497 e. The van der Waals surface area contributed by atoms with E-state index in [4.69, 9.17) is 4.74 Å². The van der Waals surface area contributed by atoms with Gasteiger partial charge in [-0.1, -0.05) is 12.1 Å². The fraction of sp³-hybridized carbons (Fsp3) is 0.0526. The monoisotopic (exact) mass is 317 g/mol. The number of nitrogens with zero attached hydrogens (tertiary/aromatic N) is 1. The molecule has 4 aromatic rings. The minimum Gasteiger partial charge on any atom is -0.497 e. The van der Waals surface area contributed by atoms with Gasteiger partial charge in [0.15, 0.2) is 0 Å². The van der Waals surface area contributed by atoms with Gasteiger partial charge in [-0.15, -0.1) is 0 Å². The van der Waals surface area contributed by atoms with E-state index in [0.717, 1.165) is 33.2 Å². The molecule has 0 fully saturated rings. The van der Waals surface area contributed by atoms with E-state index in [1.54, 1.807) is 13.3 Å². The van der Waals surface area contributed by atoms with Crippen LogP contribution in [-0.2, 0) is 0 Å². The smallest absolute Gasteiger partial charge is 0.257 e. The molecule has 2 N–H and O–H groups in total. The number of rotatable bonds is 3. The molecule has 2 aromatic carbocycles. The molecule has 0 bridgehead atoms. The summed E-state index contributed by atoms with van der Waals surface area (Å²) in [6, 6.07) is 15.2. The maximum atomic E-state index is 12.3. The van der Waals surface area contributed by atoms with E-state index in [-0.39, 0.29) is 5.56 Å². The molecular weight excluding hydrogens is 302 g/mol. The summed E-state index contributed by atoms with van der Waals surface area (Å²) >= 11 is 0. The van der Waals surface area contributed by atoms with Crippen LogP contribution in [0.5, 0.6) is 5.75 Å². The molecule has 0 aliphatic carbocycles. The van der Waals surface area contributed by atoms with E-state index in [0.29, 0.717) is 5.56 Å². The summed E-state index contributed by atoms with van der Waals surface area (Å²) in [7, 11) is 1.61. The molecule has 0 aliphatic rings. The summed E-state index contributed by atoms with van der Waals surface area (Å²) in [5.41, 5.74) is 2.92. The molecule has 2 heterocycles. The molecular formula is C19H15N3O2. The predicted molar refractivity (Wildman–Crippen MR) is 96.7 cm³/mol. The second kappa shape index (κ2) is 5.70. The average Bonchev–Trinajstić information content (AvgIpc) is 2.96. The first-order chi connectivity index (χ1) is 11.8. The van der Waals surface area contributed by atoms with Crippen LogP contribution >= 0.6 is 0 Å². The average molecular weight is 317 g/mol. The van der Waals surface area contributed by atoms with Crippen LogP contribution in [0.3, 0.4) is 0 Å². The van der Waals surface area contributed by atoms with Gasteiger partial charge in [-0.3, -0.25) is 9.79 Å². The van der Waals surface area contributed by atoms with E-state index >= 15 is 0 Å². The third-order valence-electron chi connectivity index (χ3n) is 4.00. The highest BCUT2D eigenvalue weighted by Gasteiger charge is 2.11. The van der Waals surface area contributed by atoms with Crippen LogP contribution in [0.4, 0.5) is 5.69 Å². The molecule has 5 heteroatoms. The van der Waals surface area contributed by atoms with E-state index < -0.39 is 0 Å². The lowest BCUT2D eigenvalue weighted by atomic mass is 10.1. The van der Waals surface area contributed by atoms with E-state index in [9.17, 15) is 4.79 Å². The zero-order chi connectivity index (χ0) is 16.5. The van der Waals surface area contributed by atoms with Gasteiger partial charge < -0.3 is 14.7 Å². The van der Waals surface area contributed by atoms with Crippen molar-refractivity contribution < 1.29 is 4.74 Å². The number of aromatic nitrogens is 2. The molecule has 118 valence electrons. The topological polar surface area (TPSA) is 70.2 Å². The van der Waals surface area contributed by atoms with Crippen molar-refractivity contribution in [2.24, 2.45) is 4.99 Å². The molecule has 24 heavy (non-hydrogen) atoms. The number of methoxy groups -OCH3 is 1. The second-order valence-corrected chi connectivity index (χ2v) is 5.45. The van der Waals surface area contributed by atoms with Crippen LogP contribution < -0.4 is 10.3 Å². The van der Waals surface area contributed by atoms with Crippen molar-refractivity contribution in [1.29, 1.82) is 0 Å². The van der Waals surface area contributed by atoms with Crippen LogP contribution in [0, 0.1) is 0 Å². The first-order valence-corrected chi connectivity index (χ1v) is 7.56. The van der Waals surface area contributed by atoms with Gasteiger partial charge in [0.1, 0.15) is 5.75 Å². The molecule has 0 saturated heterocycles. The third-order valence-corrected chi connectivity index (χ3v) is 4.00. The number of fused-ring (bicyclic) bond motifs is 3. The Labute approximate surface area is 137 Å². The van der Waals surface area contributed by atoms with Crippen LogP contribution in [0.25, 0.3) is 21.8 Å². The van der Waals surface area contributed by atoms with Crippen molar-refractivity contribution in [1.82, 2.24) is 9.97 Å². The van der Waals surface area contributed by atoms with Crippen molar-refractivity contribution in [2.45, 2.75) is 0 Å². The number of hydrogen-bond acceptors (Lipinski definition) is 3. The number of aliphatic imine (C=N–C) groups is 1. The van der Waals surface area contributed by atoms with Gasteiger partial charge in [0.05, 0.1) is 18.4 Å². The number of pyridine rings is 1. The summed E-state index contributed by atoms with van der Waals surface area (Å²) in [5, 5.41) is 1.86. The van der Waals surface area contributed by atoms with Gasteiger partial charge in [-0.2, -0.15) is 0 Å². The first kappa shape index (κ1) is 14.3. The SMILES string of the molecule is COc1cccc(N=Cc2c(=O)[nH]c3ccc4[nH]cccc4c23)c1. The number of ether oxygens (including phenoxy) is 1. The van der Waals surface area contributed by atoms with Gasteiger partial charge in [0, 0.05) is 40.3 Å². The van der Waals surface area contributed by atoms with Crippen LogP contribution in [0.1, 0.15) is 5.56 Å². The Morgan fingerprint density at radius 2 is 1.96 bits per heavy atom. The first-order valence-electron chi connectivity index (χ1n) is 7.56. The Kier molecular flexibility index (Phi) is 3.39. The van der Waals surface area contributed by atoms with Crippen LogP contribution in [-0.4, -0.2) is 23.3 Å². The summed E-state index contributed by atoms with van der Waals surface area (Å²) in [4.78, 5) is 22.9. The fourth-order valence-electron chi connectivity index (χ4n) is 2.85. The number of hydrogen-bond donors (Lipinski definition) is 2. The Morgan fingerprint density at radius 3 is 2.83 bits per heavy atom. The number of H-pyrrole nitrogens is 2. The molecule has 0 radical (unpaired) electrons. The minimum absolute atomic E-state index is 0.145. The lowest BCUT2D eigenvalue weighted by Crippen LogP contribution is -2.04. The number of benzene rings is 2. The van der Waals surface area contributed by atoms with Crippen LogP contribution in [0.15, 0.2) is 64.5 Å². The Balaban J connectivity index is 1.89. The molecule has 0 saturated carbocycles. The summed E-state index contributed by atoms with van der Waals surface area (Å²) in [5.74, 6) is 0.728. The quantitative estimate of drug-likeness (QED) is 0.565. The highest BCUT2D eigenvalue weighted by atomic mass is 16.5. The van der Waals surface area contributed by atoms with E-state index in [1.165, 1.54) is 0 Å². The van der Waals surface area contributed by atoms with Gasteiger partial charge in [-0.05, 0) is 30.3 Å². The molecule has 5 nitrogen and oxygen atoms in total. The summed E-state index contributed by atoms with van der Waals surface area (Å²) < 4.78 is 5.20. The second-order valence-electron chi connectivity index (χ2n) is 5.45. The zero-order valence-electron chi connectivity index (χ0n) is 13.0. The molecule has 0 atom stereocenters. The summed E-state index contributed by atoms with van der Waals surface area (Å²) in [6.45, 7) is 0. The molecule has 2 aromatic heterocycles. The minimum atomic E-state index is -0.145. The third kappa shape index (κ3) is 2.36. The van der Waals surface area contributed by atoms with Crippen LogP contribution in [0.2, 0.25) is 0 Å². The maximum Gasteiger partial charge on any atom is 0.257 e. The highest BCUT2D eigenvalue weighted by Crippen LogP contribution is 2.25. The van der Waals surface area contributed by atoms with Crippen molar-refractivity contribution >= 4 is 33.7 Å². The molecule has 0 aliphatic heterocycles. The fourth-order valence-corrected chi connectivity index (χ4v) is 2.85. The highest BCUT2D eigenvalue weighted by molar-refractivity contribution is 6.13. The molecule has 0 unspecified atom stereocenters. The van der Waals surface area contributed by atoms with Crippen molar-refractivity contribution in [2.75, 3.05) is 7.11 Å². The molecule has 0 spiro atoms. The standard InChI is InChI=1S/C19H15N3O2/c1-24-13-5-2-4-12(10-13)21-11-15-18-14-6-3-9-20-16(14)7-8-17(18)22-19(15)23/h2-11,20H,1H3,(H,22,23). The lowest BCUT2D eigenvalue weighted by molar-refractivity contribution is 0.415. The van der Waals surface area contributed by atoms with Gasteiger partial charge in [0.2, 0.25) is 0 Å². The van der Waals surface area contributed by atoms with Gasteiger partial charge in [0.25, 0.3) is 5.56 Å². The van der Waals surface area contributed by atoms with Crippen molar-refractivity contribution in [3.63, 3.8) is 0 Å². The number of nitrogens with one attached hydrogen (secondary N) is 2. The Hall–Kier alpha value is -3.34. The van der Waals surface area contributed by atoms with E-state index in [1.807, 2.05) is 54.7 Å². The molecule has 4 rings (SSSR count). The Morgan fingerprint density at radius 1 is 1.08 bits per heavy atom. The normalized spacial score (nSPS) is 11.5. The lowest BCUT2D eigenvalue weighted by Gasteiger charge is -2.01. The van der Waals surface area contributed by atoms with Crippen molar-refractivity contribution in [3.8, 4) is 5.75 Å².